The molecule has 5 rings (SSSR count). The van der Waals surface area contributed by atoms with Crippen LogP contribution in [0.3, 0.4) is 0 Å². The highest BCUT2D eigenvalue weighted by atomic mass is 16.6. The average Bonchev–Trinajstić information content (AvgIpc) is 3.44. The van der Waals surface area contributed by atoms with Crippen LogP contribution >= 0.6 is 0 Å². The Morgan fingerprint density at radius 2 is 1.29 bits per heavy atom. The van der Waals surface area contributed by atoms with Gasteiger partial charge in [-0.25, -0.2) is 4.98 Å². The van der Waals surface area contributed by atoms with E-state index in [1.54, 1.807) is 6.20 Å². The number of hydrogen-bond acceptors (Lipinski definition) is 6. The van der Waals surface area contributed by atoms with Crippen LogP contribution in [0.25, 0.3) is 0 Å². The fourth-order valence-electron chi connectivity index (χ4n) is 4.79. The monoisotopic (exact) mass is 512 g/mol. The van der Waals surface area contributed by atoms with Gasteiger partial charge >= 0.3 is 5.97 Å². The summed E-state index contributed by atoms with van der Waals surface area (Å²) in [5, 5.41) is 0. The molecule has 7 heteroatoms. The number of ether oxygens (including phenoxy) is 4. The number of benzene rings is 3. The fraction of sp³-hybridized carbons (Fsp3) is 0.290. The molecule has 196 valence electrons. The van der Waals surface area contributed by atoms with Crippen molar-refractivity contribution >= 4 is 5.97 Å². The Hall–Kier alpha value is -3.78. The van der Waals surface area contributed by atoms with Gasteiger partial charge in [-0.15, -0.1) is 0 Å². The van der Waals surface area contributed by atoms with E-state index in [0.29, 0.717) is 32.3 Å². The second kappa shape index (κ2) is 12.6. The van der Waals surface area contributed by atoms with E-state index < -0.39 is 24.3 Å². The van der Waals surface area contributed by atoms with Crippen molar-refractivity contribution in [3.8, 4) is 0 Å². The van der Waals surface area contributed by atoms with Crippen LogP contribution in [0.15, 0.2) is 103 Å². The quantitative estimate of drug-likeness (QED) is 0.250. The first-order valence-electron chi connectivity index (χ1n) is 12.8. The molecular formula is C31H32N2O5. The molecular weight excluding hydrogens is 480 g/mol. The van der Waals surface area contributed by atoms with Gasteiger partial charge in [-0.05, 0) is 16.7 Å². The van der Waals surface area contributed by atoms with Gasteiger partial charge in [0.1, 0.15) is 12.2 Å². The maximum atomic E-state index is 12.2. The average molecular weight is 513 g/mol. The molecule has 0 spiro atoms. The van der Waals surface area contributed by atoms with Gasteiger partial charge in [-0.2, -0.15) is 0 Å². The summed E-state index contributed by atoms with van der Waals surface area (Å²) in [6, 6.07) is 29.7. The van der Waals surface area contributed by atoms with E-state index in [4.69, 9.17) is 18.9 Å². The molecule has 0 fully saturated rings. The van der Waals surface area contributed by atoms with Crippen LogP contribution in [0.2, 0.25) is 0 Å². The normalized spacial score (nSPS) is 20.6. The van der Waals surface area contributed by atoms with Gasteiger partial charge < -0.3 is 23.5 Å². The highest BCUT2D eigenvalue weighted by Crippen LogP contribution is 2.39. The minimum atomic E-state index is -0.725. The number of carbonyl (C=O) groups is 1. The van der Waals surface area contributed by atoms with E-state index in [0.717, 1.165) is 16.7 Å². The molecule has 0 saturated heterocycles. The first-order chi connectivity index (χ1) is 18.7. The van der Waals surface area contributed by atoms with Crippen LogP contribution in [0.4, 0.5) is 0 Å². The molecule has 2 heterocycles. The van der Waals surface area contributed by atoms with Crippen molar-refractivity contribution in [2.45, 2.75) is 51.1 Å². The van der Waals surface area contributed by atoms with Gasteiger partial charge in [0.15, 0.2) is 11.9 Å². The van der Waals surface area contributed by atoms with Crippen LogP contribution < -0.4 is 0 Å². The smallest absolute Gasteiger partial charge is 0.303 e. The Balaban J connectivity index is 1.44. The number of hydrogen-bond donors (Lipinski definition) is 0. The van der Waals surface area contributed by atoms with E-state index in [-0.39, 0.29) is 6.04 Å². The lowest BCUT2D eigenvalue weighted by molar-refractivity contribution is -0.192. The SMILES string of the molecule is CC(=O)O[C@@H]1c2nccn2[C@H](COCc2ccccc2)[C@H](OCc2ccccc2)[C@@H]1OCc1ccccc1. The first-order valence-corrected chi connectivity index (χ1v) is 12.8. The topological polar surface area (TPSA) is 71.8 Å². The van der Waals surface area contributed by atoms with Crippen LogP contribution in [0.1, 0.15) is 41.6 Å². The lowest BCUT2D eigenvalue weighted by atomic mass is 9.95. The standard InChI is InChI=1S/C31H32N2O5/c1-23(34)38-30-29(37-21-26-15-9-4-10-16-26)28(36-20-25-13-7-3-8-14-25)27(33-18-17-32-31(30)33)22-35-19-24-11-5-2-6-12-24/h2-18,27-30H,19-22H2,1H3/t27-,28+,29+,30+/m1/s1. The predicted molar refractivity (Wildman–Crippen MR) is 142 cm³/mol. The third-order valence-electron chi connectivity index (χ3n) is 6.58. The highest BCUT2D eigenvalue weighted by molar-refractivity contribution is 5.66. The molecule has 0 radical (unpaired) electrons. The van der Waals surface area contributed by atoms with Crippen LogP contribution in [-0.2, 0) is 43.6 Å². The number of nitrogens with zero attached hydrogens (tertiary/aromatic N) is 2. The van der Waals surface area contributed by atoms with Gasteiger partial charge in [0.2, 0.25) is 0 Å². The number of aromatic nitrogens is 2. The summed E-state index contributed by atoms with van der Waals surface area (Å²) < 4.78 is 27.1. The second-order valence-electron chi connectivity index (χ2n) is 9.31. The van der Waals surface area contributed by atoms with E-state index in [9.17, 15) is 4.79 Å². The van der Waals surface area contributed by atoms with Crippen molar-refractivity contribution in [3.05, 3.63) is 126 Å². The molecule has 3 aromatic carbocycles. The number of rotatable bonds is 11. The molecule has 7 nitrogen and oxygen atoms in total. The summed E-state index contributed by atoms with van der Waals surface area (Å²) in [6.07, 6.45) is 1.81. The maximum absolute atomic E-state index is 12.2. The number of imidazole rings is 1. The molecule has 0 bridgehead atoms. The lowest BCUT2D eigenvalue weighted by Crippen LogP contribution is -2.50. The Morgan fingerprint density at radius 3 is 1.84 bits per heavy atom. The summed E-state index contributed by atoms with van der Waals surface area (Å²) in [5.74, 6) is 0.213. The van der Waals surface area contributed by atoms with Crippen LogP contribution in [0.5, 0.6) is 0 Å². The molecule has 0 aliphatic carbocycles. The molecule has 4 atom stereocenters. The Labute approximate surface area is 223 Å². The van der Waals surface area contributed by atoms with E-state index in [1.165, 1.54) is 6.92 Å². The summed E-state index contributed by atoms with van der Waals surface area (Å²) in [7, 11) is 0. The van der Waals surface area contributed by atoms with Gasteiger partial charge in [0.05, 0.1) is 32.5 Å². The van der Waals surface area contributed by atoms with E-state index >= 15 is 0 Å². The molecule has 1 aliphatic rings. The zero-order valence-electron chi connectivity index (χ0n) is 21.4. The molecule has 0 amide bonds. The third-order valence-corrected chi connectivity index (χ3v) is 6.58. The van der Waals surface area contributed by atoms with Crippen LogP contribution in [-0.4, -0.2) is 34.3 Å². The van der Waals surface area contributed by atoms with E-state index in [1.807, 2.05) is 102 Å². The highest BCUT2D eigenvalue weighted by Gasteiger charge is 2.47. The maximum Gasteiger partial charge on any atom is 0.303 e. The van der Waals surface area contributed by atoms with Crippen LogP contribution in [0, 0.1) is 0 Å². The first kappa shape index (κ1) is 25.9. The van der Waals surface area contributed by atoms with Crippen molar-refractivity contribution in [2.75, 3.05) is 6.61 Å². The summed E-state index contributed by atoms with van der Waals surface area (Å²) in [5.41, 5.74) is 3.14. The van der Waals surface area contributed by atoms with Gasteiger partial charge in [-0.3, -0.25) is 4.79 Å². The number of carbonyl (C=O) groups excluding carboxylic acids is 1. The zero-order valence-corrected chi connectivity index (χ0v) is 21.4. The summed E-state index contributed by atoms with van der Waals surface area (Å²) in [4.78, 5) is 16.7. The van der Waals surface area contributed by atoms with Crippen molar-refractivity contribution in [2.24, 2.45) is 0 Å². The molecule has 4 aromatic rings. The van der Waals surface area contributed by atoms with Crippen molar-refractivity contribution in [1.29, 1.82) is 0 Å². The Kier molecular flexibility index (Phi) is 8.60. The Bertz CT molecular complexity index is 1280. The molecule has 38 heavy (non-hydrogen) atoms. The zero-order chi connectivity index (χ0) is 26.2. The van der Waals surface area contributed by atoms with Crippen molar-refractivity contribution < 1.29 is 23.7 Å². The number of esters is 1. The predicted octanol–water partition coefficient (Wildman–Crippen LogP) is 5.43. The summed E-state index contributed by atoms with van der Waals surface area (Å²) >= 11 is 0. The molecule has 0 N–H and O–H groups in total. The van der Waals surface area contributed by atoms with Gasteiger partial charge in [-0.1, -0.05) is 91.0 Å². The lowest BCUT2D eigenvalue weighted by Gasteiger charge is -2.42. The molecule has 1 aliphatic heterocycles. The van der Waals surface area contributed by atoms with Gasteiger partial charge in [0.25, 0.3) is 0 Å². The molecule has 0 unspecified atom stereocenters. The van der Waals surface area contributed by atoms with Gasteiger partial charge in [0, 0.05) is 19.3 Å². The minimum absolute atomic E-state index is 0.243. The number of fused-ring (bicyclic) bond motifs is 1. The fourth-order valence-corrected chi connectivity index (χ4v) is 4.79. The Morgan fingerprint density at radius 1 is 0.763 bits per heavy atom. The second-order valence-corrected chi connectivity index (χ2v) is 9.31. The third kappa shape index (κ3) is 6.37. The molecule has 0 saturated carbocycles. The van der Waals surface area contributed by atoms with Crippen molar-refractivity contribution in [1.82, 2.24) is 9.55 Å². The summed E-state index contributed by atoms with van der Waals surface area (Å²) in [6.45, 7) is 2.96. The largest absolute Gasteiger partial charge is 0.451 e. The minimum Gasteiger partial charge on any atom is -0.451 e. The van der Waals surface area contributed by atoms with Crippen molar-refractivity contribution in [3.63, 3.8) is 0 Å². The van der Waals surface area contributed by atoms with E-state index in [2.05, 4.69) is 4.98 Å². The molecule has 1 aromatic heterocycles.